The molecule has 0 radical (unpaired) electrons. The van der Waals surface area contributed by atoms with Crippen molar-refractivity contribution in [1.29, 1.82) is 0 Å². The van der Waals surface area contributed by atoms with Gasteiger partial charge in [0, 0.05) is 17.4 Å². The summed E-state index contributed by atoms with van der Waals surface area (Å²) in [6.07, 6.45) is 8.61. The first-order valence-electron chi connectivity index (χ1n) is 7.84. The van der Waals surface area contributed by atoms with Gasteiger partial charge in [0.05, 0.1) is 12.5 Å². The molecule has 1 aliphatic carbocycles. The number of ether oxygens (including phenoxy) is 1. The molecular formula is C17H26O3S. The Morgan fingerprint density at radius 1 is 1.33 bits per heavy atom. The van der Waals surface area contributed by atoms with E-state index < -0.39 is 0 Å². The molecule has 0 saturated carbocycles. The minimum atomic E-state index is -0.0552. The van der Waals surface area contributed by atoms with Crippen LogP contribution in [0.3, 0.4) is 0 Å². The second kappa shape index (κ2) is 8.04. The van der Waals surface area contributed by atoms with Crippen LogP contribution < -0.4 is 0 Å². The number of esters is 1. The minimum Gasteiger partial charge on any atom is -0.458 e. The molecule has 1 fully saturated rings. The molecule has 2 rings (SSSR count). The molecule has 21 heavy (non-hydrogen) atoms. The highest BCUT2D eigenvalue weighted by Crippen LogP contribution is 2.37. The van der Waals surface area contributed by atoms with Crippen LogP contribution in [0.25, 0.3) is 0 Å². The van der Waals surface area contributed by atoms with Gasteiger partial charge >= 0.3 is 5.97 Å². The van der Waals surface area contributed by atoms with Crippen molar-refractivity contribution in [3.8, 4) is 0 Å². The molecule has 1 aliphatic heterocycles. The third-order valence-electron chi connectivity index (χ3n) is 4.38. The van der Waals surface area contributed by atoms with Gasteiger partial charge < -0.3 is 9.84 Å². The summed E-state index contributed by atoms with van der Waals surface area (Å²) in [5.74, 6) is 1.65. The third-order valence-corrected chi connectivity index (χ3v) is 5.45. The van der Waals surface area contributed by atoms with Crippen molar-refractivity contribution < 1.29 is 14.6 Å². The summed E-state index contributed by atoms with van der Waals surface area (Å²) in [4.78, 5) is 12.2. The van der Waals surface area contributed by atoms with E-state index >= 15 is 0 Å². The van der Waals surface area contributed by atoms with Crippen LogP contribution in [0.15, 0.2) is 23.3 Å². The molecule has 118 valence electrons. The number of hydrogen-bond donors (Lipinski definition) is 1. The van der Waals surface area contributed by atoms with Gasteiger partial charge in [-0.15, -0.1) is 0 Å². The Morgan fingerprint density at radius 3 is 2.90 bits per heavy atom. The summed E-state index contributed by atoms with van der Waals surface area (Å²) in [5, 5.41) is 8.90. The number of allylic oxidation sites excluding steroid dienone is 3. The van der Waals surface area contributed by atoms with Crippen LogP contribution in [0, 0.1) is 11.8 Å². The molecule has 3 atom stereocenters. The van der Waals surface area contributed by atoms with Crippen molar-refractivity contribution in [2.24, 2.45) is 11.8 Å². The minimum absolute atomic E-state index is 0.0252. The number of carbonyl (C=O) groups is 1. The topological polar surface area (TPSA) is 46.5 Å². The molecule has 1 heterocycles. The first-order valence-corrected chi connectivity index (χ1v) is 8.99. The molecule has 3 nitrogen and oxygen atoms in total. The van der Waals surface area contributed by atoms with Crippen molar-refractivity contribution in [2.75, 3.05) is 18.1 Å². The zero-order valence-corrected chi connectivity index (χ0v) is 13.8. The van der Waals surface area contributed by atoms with E-state index in [0.717, 1.165) is 31.4 Å². The van der Waals surface area contributed by atoms with Crippen LogP contribution in [0.4, 0.5) is 0 Å². The van der Waals surface area contributed by atoms with Crippen molar-refractivity contribution >= 4 is 17.7 Å². The molecule has 0 unspecified atom stereocenters. The summed E-state index contributed by atoms with van der Waals surface area (Å²) < 4.78 is 5.64. The van der Waals surface area contributed by atoms with Crippen LogP contribution in [-0.2, 0) is 9.53 Å². The molecule has 0 aromatic carbocycles. The van der Waals surface area contributed by atoms with Crippen LogP contribution in [0.1, 0.15) is 39.5 Å². The quantitative estimate of drug-likeness (QED) is 0.491. The van der Waals surface area contributed by atoms with Crippen molar-refractivity contribution in [1.82, 2.24) is 0 Å². The van der Waals surface area contributed by atoms with E-state index in [2.05, 4.69) is 26.0 Å². The van der Waals surface area contributed by atoms with E-state index in [1.165, 1.54) is 11.1 Å². The summed E-state index contributed by atoms with van der Waals surface area (Å²) in [7, 11) is 0. The van der Waals surface area contributed by atoms with Crippen LogP contribution in [0.2, 0.25) is 0 Å². The lowest BCUT2D eigenvalue weighted by atomic mass is 9.84. The fraction of sp³-hybridized carbons (Fsp3) is 0.706. The van der Waals surface area contributed by atoms with Gasteiger partial charge in [0.2, 0.25) is 0 Å². The Labute approximate surface area is 131 Å². The zero-order valence-electron chi connectivity index (χ0n) is 13.0. The Hall–Kier alpha value is -0.740. The van der Waals surface area contributed by atoms with Gasteiger partial charge in [0.25, 0.3) is 0 Å². The standard InChI is InChI=1S/C17H26O3S/c1-12-4-3-5-13(2)10-16-14(7-6-12)15(17(19)20-16)11-21-9-8-18/h4,10,14-16,18H,3,5-9,11H2,1-2H3/b12-4?,13-10+/t14-,15-,16+/m0/s1. The predicted molar refractivity (Wildman–Crippen MR) is 87.3 cm³/mol. The first kappa shape index (κ1) is 16.6. The monoisotopic (exact) mass is 310 g/mol. The second-order valence-corrected chi connectivity index (χ2v) is 7.26. The number of fused-ring (bicyclic) bond motifs is 1. The van der Waals surface area contributed by atoms with E-state index in [-0.39, 0.29) is 30.5 Å². The average molecular weight is 310 g/mol. The number of aliphatic hydroxyl groups excluding tert-OH is 1. The van der Waals surface area contributed by atoms with Gasteiger partial charge in [0.1, 0.15) is 6.10 Å². The van der Waals surface area contributed by atoms with E-state index in [1.807, 2.05) is 0 Å². The number of aliphatic hydroxyl groups is 1. The highest BCUT2D eigenvalue weighted by Gasteiger charge is 2.42. The Morgan fingerprint density at radius 2 is 2.14 bits per heavy atom. The summed E-state index contributed by atoms with van der Waals surface area (Å²) in [6.45, 7) is 4.48. The predicted octanol–water partition coefficient (Wildman–Crippen LogP) is 3.34. The zero-order chi connectivity index (χ0) is 15.2. The van der Waals surface area contributed by atoms with E-state index in [9.17, 15) is 4.79 Å². The third kappa shape index (κ3) is 4.62. The number of rotatable bonds is 4. The number of hydrogen-bond acceptors (Lipinski definition) is 4. The summed E-state index contributed by atoms with van der Waals surface area (Å²) in [5.41, 5.74) is 2.73. The van der Waals surface area contributed by atoms with Gasteiger partial charge in [-0.25, -0.2) is 0 Å². The van der Waals surface area contributed by atoms with Crippen molar-refractivity contribution in [3.63, 3.8) is 0 Å². The maximum Gasteiger partial charge on any atom is 0.310 e. The van der Waals surface area contributed by atoms with Crippen LogP contribution >= 0.6 is 11.8 Å². The smallest absolute Gasteiger partial charge is 0.310 e. The maximum atomic E-state index is 12.2. The number of carbonyl (C=O) groups excluding carboxylic acids is 1. The van der Waals surface area contributed by atoms with E-state index in [4.69, 9.17) is 9.84 Å². The Bertz CT molecular complexity index is 428. The van der Waals surface area contributed by atoms with Gasteiger partial charge in [-0.05, 0) is 45.6 Å². The molecule has 1 saturated heterocycles. The molecule has 0 aromatic rings. The lowest BCUT2D eigenvalue weighted by molar-refractivity contribution is -0.142. The Balaban J connectivity index is 2.11. The fourth-order valence-electron chi connectivity index (χ4n) is 3.11. The number of thioether (sulfide) groups is 1. The van der Waals surface area contributed by atoms with Crippen molar-refractivity contribution in [2.45, 2.75) is 45.6 Å². The molecule has 1 N–H and O–H groups in total. The van der Waals surface area contributed by atoms with E-state index in [0.29, 0.717) is 5.75 Å². The average Bonchev–Trinajstić information content (AvgIpc) is 2.72. The molecule has 0 spiro atoms. The van der Waals surface area contributed by atoms with Crippen LogP contribution in [0.5, 0.6) is 0 Å². The van der Waals surface area contributed by atoms with E-state index in [1.54, 1.807) is 11.8 Å². The second-order valence-electron chi connectivity index (χ2n) is 6.11. The Kier molecular flexibility index (Phi) is 6.37. The van der Waals surface area contributed by atoms with Gasteiger partial charge in [-0.2, -0.15) is 11.8 Å². The lowest BCUT2D eigenvalue weighted by Crippen LogP contribution is -2.22. The first-order chi connectivity index (χ1) is 10.1. The van der Waals surface area contributed by atoms with Gasteiger partial charge in [-0.1, -0.05) is 17.2 Å². The molecule has 0 amide bonds. The normalized spacial score (nSPS) is 32.7. The maximum absolute atomic E-state index is 12.2. The molecule has 0 aromatic heterocycles. The molecule has 4 heteroatoms. The lowest BCUT2D eigenvalue weighted by Gasteiger charge is -2.20. The van der Waals surface area contributed by atoms with Gasteiger partial charge in [-0.3, -0.25) is 4.79 Å². The van der Waals surface area contributed by atoms with Crippen LogP contribution in [-0.4, -0.2) is 35.3 Å². The molecule has 2 aliphatic rings. The summed E-state index contributed by atoms with van der Waals surface area (Å²) >= 11 is 1.65. The summed E-state index contributed by atoms with van der Waals surface area (Å²) in [6, 6.07) is 0. The van der Waals surface area contributed by atoms with Crippen molar-refractivity contribution in [3.05, 3.63) is 23.3 Å². The largest absolute Gasteiger partial charge is 0.458 e. The highest BCUT2D eigenvalue weighted by atomic mass is 32.2. The highest BCUT2D eigenvalue weighted by molar-refractivity contribution is 7.99. The SMILES string of the molecule is CC1=CCC/C(C)=C/[C@H]2OC(=O)[C@@H](CSCCO)[C@@H]2CC1. The molecular weight excluding hydrogens is 284 g/mol. The fourth-order valence-corrected chi connectivity index (χ4v) is 4.04. The molecule has 0 bridgehead atoms. The van der Waals surface area contributed by atoms with Gasteiger partial charge in [0.15, 0.2) is 0 Å².